The zero-order chi connectivity index (χ0) is 16.2. The fourth-order valence-electron chi connectivity index (χ4n) is 2.57. The van der Waals surface area contributed by atoms with Crippen LogP contribution in [0.15, 0.2) is 0 Å². The molecule has 3 amide bonds. The van der Waals surface area contributed by atoms with Gasteiger partial charge >= 0.3 is 12.0 Å². The van der Waals surface area contributed by atoms with E-state index in [9.17, 15) is 14.4 Å². The van der Waals surface area contributed by atoms with Crippen molar-refractivity contribution >= 4 is 17.9 Å². The molecule has 0 aromatic rings. The van der Waals surface area contributed by atoms with Gasteiger partial charge < -0.3 is 21.1 Å². The van der Waals surface area contributed by atoms with Gasteiger partial charge in [0.05, 0.1) is 12.3 Å². The van der Waals surface area contributed by atoms with E-state index in [-0.39, 0.29) is 23.8 Å². The van der Waals surface area contributed by atoms with Gasteiger partial charge in [0.25, 0.3) is 0 Å². The van der Waals surface area contributed by atoms with Crippen LogP contribution in [-0.2, 0) is 9.59 Å². The minimum atomic E-state index is -0.944. The number of likely N-dealkylation sites (tertiary alicyclic amines) is 1. The van der Waals surface area contributed by atoms with Crippen LogP contribution in [0.4, 0.5) is 4.79 Å². The number of primary amides is 1. The van der Waals surface area contributed by atoms with Gasteiger partial charge in [-0.1, -0.05) is 20.8 Å². The van der Waals surface area contributed by atoms with E-state index in [1.807, 2.05) is 20.8 Å². The first-order valence-corrected chi connectivity index (χ1v) is 7.15. The van der Waals surface area contributed by atoms with Gasteiger partial charge in [-0.3, -0.25) is 9.59 Å². The molecule has 2 unspecified atom stereocenters. The van der Waals surface area contributed by atoms with Crippen LogP contribution in [0.1, 0.15) is 40.0 Å². The zero-order valence-corrected chi connectivity index (χ0v) is 12.9. The van der Waals surface area contributed by atoms with Crippen LogP contribution in [-0.4, -0.2) is 47.0 Å². The summed E-state index contributed by atoms with van der Waals surface area (Å²) in [6, 6.07) is -0.753. The van der Waals surface area contributed by atoms with Crippen molar-refractivity contribution in [1.29, 1.82) is 0 Å². The molecule has 0 saturated carbocycles. The van der Waals surface area contributed by atoms with E-state index in [4.69, 9.17) is 10.8 Å². The molecule has 0 aromatic carbocycles. The monoisotopic (exact) mass is 299 g/mol. The van der Waals surface area contributed by atoms with E-state index in [1.165, 1.54) is 4.90 Å². The topological polar surface area (TPSA) is 113 Å². The number of nitrogens with zero attached hydrogens (tertiary/aromatic N) is 1. The number of aliphatic carboxylic acids is 1. The van der Waals surface area contributed by atoms with E-state index in [0.717, 1.165) is 0 Å². The molecule has 4 N–H and O–H groups in total. The normalized spacial score (nSPS) is 20.1. The summed E-state index contributed by atoms with van der Waals surface area (Å²) in [5.74, 6) is -1.65. The van der Waals surface area contributed by atoms with Crippen molar-refractivity contribution in [3.8, 4) is 0 Å². The van der Waals surface area contributed by atoms with Crippen molar-refractivity contribution in [2.75, 3.05) is 13.1 Å². The van der Waals surface area contributed by atoms with Gasteiger partial charge in [0.2, 0.25) is 5.91 Å². The van der Waals surface area contributed by atoms with Crippen LogP contribution in [0.25, 0.3) is 0 Å². The van der Waals surface area contributed by atoms with Gasteiger partial charge in [0.1, 0.15) is 0 Å². The van der Waals surface area contributed by atoms with Crippen molar-refractivity contribution in [3.63, 3.8) is 0 Å². The molecule has 0 aromatic heterocycles. The van der Waals surface area contributed by atoms with E-state index in [0.29, 0.717) is 25.9 Å². The Morgan fingerprint density at radius 1 is 1.38 bits per heavy atom. The standard InChI is InChI=1S/C14H25N3O4/c1-14(2,3)7-10(6-11(18)19)16-13(21)17-5-4-9(8-17)12(15)20/h9-10H,4-8H2,1-3H3,(H2,15,20)(H,16,21)(H,18,19). The Labute approximate surface area is 124 Å². The number of carboxylic acid groups (broad SMARTS) is 1. The molecule has 0 aliphatic carbocycles. The summed E-state index contributed by atoms with van der Waals surface area (Å²) in [5.41, 5.74) is 5.15. The summed E-state index contributed by atoms with van der Waals surface area (Å²) in [6.07, 6.45) is 1.01. The molecule has 7 nitrogen and oxygen atoms in total. The van der Waals surface area contributed by atoms with Crippen molar-refractivity contribution in [2.24, 2.45) is 17.1 Å². The second kappa shape index (κ2) is 6.78. The Morgan fingerprint density at radius 2 is 2.00 bits per heavy atom. The lowest BCUT2D eigenvalue weighted by atomic mass is 9.87. The molecule has 1 heterocycles. The highest BCUT2D eigenvalue weighted by atomic mass is 16.4. The minimum Gasteiger partial charge on any atom is -0.481 e. The molecule has 0 bridgehead atoms. The number of carbonyl (C=O) groups excluding carboxylic acids is 2. The Balaban J connectivity index is 2.60. The number of hydrogen-bond donors (Lipinski definition) is 3. The third-order valence-corrected chi connectivity index (χ3v) is 3.49. The number of hydrogen-bond acceptors (Lipinski definition) is 3. The number of carbonyl (C=O) groups is 3. The number of urea groups is 1. The maximum Gasteiger partial charge on any atom is 0.317 e. The van der Waals surface area contributed by atoms with Gasteiger partial charge in [-0.25, -0.2) is 4.79 Å². The highest BCUT2D eigenvalue weighted by Gasteiger charge is 2.31. The number of carboxylic acids is 1. The molecule has 120 valence electrons. The summed E-state index contributed by atoms with van der Waals surface area (Å²) in [4.78, 5) is 35.7. The molecule has 1 aliphatic heterocycles. The number of nitrogens with one attached hydrogen (secondary N) is 1. The molecule has 7 heteroatoms. The molecular weight excluding hydrogens is 274 g/mol. The lowest BCUT2D eigenvalue weighted by Crippen LogP contribution is -2.46. The largest absolute Gasteiger partial charge is 0.481 e. The summed E-state index contributed by atoms with van der Waals surface area (Å²) >= 11 is 0. The second-order valence-corrected chi connectivity index (χ2v) is 6.84. The summed E-state index contributed by atoms with van der Waals surface area (Å²) < 4.78 is 0. The van der Waals surface area contributed by atoms with Crippen molar-refractivity contribution in [2.45, 2.75) is 46.1 Å². The summed E-state index contributed by atoms with van der Waals surface area (Å²) in [6.45, 7) is 6.75. The van der Waals surface area contributed by atoms with Crippen molar-refractivity contribution in [1.82, 2.24) is 10.2 Å². The molecule has 21 heavy (non-hydrogen) atoms. The van der Waals surface area contributed by atoms with Gasteiger partial charge in [-0.2, -0.15) is 0 Å². The smallest absolute Gasteiger partial charge is 0.317 e. The molecule has 1 saturated heterocycles. The van der Waals surface area contributed by atoms with E-state index >= 15 is 0 Å². The van der Waals surface area contributed by atoms with Gasteiger partial charge in [0.15, 0.2) is 0 Å². The lowest BCUT2D eigenvalue weighted by molar-refractivity contribution is -0.137. The Bertz CT molecular complexity index is 417. The second-order valence-electron chi connectivity index (χ2n) is 6.84. The van der Waals surface area contributed by atoms with Crippen LogP contribution >= 0.6 is 0 Å². The molecule has 1 aliphatic rings. The quantitative estimate of drug-likeness (QED) is 0.696. The summed E-state index contributed by atoms with van der Waals surface area (Å²) in [7, 11) is 0. The van der Waals surface area contributed by atoms with Crippen LogP contribution in [0, 0.1) is 11.3 Å². The predicted octanol–water partition coefficient (Wildman–Crippen LogP) is 0.783. The third kappa shape index (κ3) is 6.01. The molecule has 0 spiro atoms. The van der Waals surface area contributed by atoms with Crippen LogP contribution in [0.5, 0.6) is 0 Å². The Hall–Kier alpha value is -1.79. The number of nitrogens with two attached hydrogens (primary N) is 1. The highest BCUT2D eigenvalue weighted by molar-refractivity contribution is 5.80. The number of amides is 3. The molecule has 2 atom stereocenters. The lowest BCUT2D eigenvalue weighted by Gasteiger charge is -2.27. The minimum absolute atomic E-state index is 0.0891. The van der Waals surface area contributed by atoms with Gasteiger partial charge in [-0.15, -0.1) is 0 Å². The van der Waals surface area contributed by atoms with E-state index in [2.05, 4.69) is 5.32 Å². The third-order valence-electron chi connectivity index (χ3n) is 3.49. The molecule has 0 radical (unpaired) electrons. The first-order valence-electron chi connectivity index (χ1n) is 7.15. The fraction of sp³-hybridized carbons (Fsp3) is 0.786. The summed E-state index contributed by atoms with van der Waals surface area (Å²) in [5, 5.41) is 11.7. The number of rotatable bonds is 5. The SMILES string of the molecule is CC(C)(C)CC(CC(=O)O)NC(=O)N1CCC(C(N)=O)C1. The van der Waals surface area contributed by atoms with Crippen LogP contribution in [0.2, 0.25) is 0 Å². The fourth-order valence-corrected chi connectivity index (χ4v) is 2.57. The predicted molar refractivity (Wildman–Crippen MR) is 77.5 cm³/mol. The Kier molecular flexibility index (Phi) is 5.57. The first kappa shape index (κ1) is 17.3. The molecule has 1 fully saturated rings. The molecule has 1 rings (SSSR count). The van der Waals surface area contributed by atoms with Crippen LogP contribution in [0.3, 0.4) is 0 Å². The van der Waals surface area contributed by atoms with E-state index < -0.39 is 17.9 Å². The highest BCUT2D eigenvalue weighted by Crippen LogP contribution is 2.23. The zero-order valence-electron chi connectivity index (χ0n) is 12.9. The van der Waals surface area contributed by atoms with Crippen molar-refractivity contribution in [3.05, 3.63) is 0 Å². The average Bonchev–Trinajstić information content (AvgIpc) is 2.74. The van der Waals surface area contributed by atoms with Gasteiger partial charge in [-0.05, 0) is 18.3 Å². The first-order chi connectivity index (χ1) is 9.58. The molecular formula is C14H25N3O4. The van der Waals surface area contributed by atoms with E-state index in [1.54, 1.807) is 0 Å². The Morgan fingerprint density at radius 3 is 2.43 bits per heavy atom. The van der Waals surface area contributed by atoms with Gasteiger partial charge in [0, 0.05) is 19.1 Å². The maximum atomic E-state index is 12.2. The van der Waals surface area contributed by atoms with Crippen LogP contribution < -0.4 is 11.1 Å². The maximum absolute atomic E-state index is 12.2. The average molecular weight is 299 g/mol. The van der Waals surface area contributed by atoms with Crippen molar-refractivity contribution < 1.29 is 19.5 Å².